The van der Waals surface area contributed by atoms with Crippen LogP contribution in [0, 0.1) is 45.3 Å². The van der Waals surface area contributed by atoms with Crippen LogP contribution in [0.5, 0.6) is 0 Å². The number of carbonyl (C=O) groups excluding carboxylic acids is 1. The van der Waals surface area contributed by atoms with Crippen molar-refractivity contribution in [3.05, 3.63) is 0 Å². The topological polar surface area (TPSA) is 135 Å². The Labute approximate surface area is 262 Å². The highest BCUT2D eigenvalue weighted by molar-refractivity contribution is 5.66. The second kappa shape index (κ2) is 10.3. The first-order valence-electron chi connectivity index (χ1n) is 17.4. The van der Waals surface area contributed by atoms with Gasteiger partial charge in [-0.2, -0.15) is 0 Å². The van der Waals surface area contributed by atoms with Crippen LogP contribution in [0.3, 0.4) is 0 Å². The number of aliphatic hydroxyl groups excluding tert-OH is 3. The Balaban J connectivity index is 1.09. The van der Waals surface area contributed by atoms with E-state index in [9.17, 15) is 25.2 Å². The van der Waals surface area contributed by atoms with E-state index >= 15 is 0 Å². The van der Waals surface area contributed by atoms with E-state index in [2.05, 4.69) is 20.8 Å². The molecule has 0 aromatic heterocycles. The number of fused-ring (bicyclic) bond motifs is 4. The largest absolute Gasteiger partial charge is 0.457 e. The number of hydrogen-bond donors (Lipinski definition) is 4. The highest BCUT2D eigenvalue weighted by Crippen LogP contribution is 2.87. The lowest BCUT2D eigenvalue weighted by Gasteiger charge is -2.60. The summed E-state index contributed by atoms with van der Waals surface area (Å²) in [5.41, 5.74) is -0.745. The minimum atomic E-state index is -1.24. The Morgan fingerprint density at radius 3 is 2.34 bits per heavy atom. The molecule has 9 nitrogen and oxygen atoms in total. The average Bonchev–Trinajstić information content (AvgIpc) is 3.55. The molecule has 15 atom stereocenters. The number of aliphatic hydroxyl groups is 4. The molecule has 44 heavy (non-hydrogen) atoms. The van der Waals surface area contributed by atoms with Crippen LogP contribution in [-0.2, 0) is 23.7 Å². The molecule has 7 unspecified atom stereocenters. The normalized spacial score (nSPS) is 53.3. The van der Waals surface area contributed by atoms with Crippen molar-refractivity contribution in [2.75, 3.05) is 6.61 Å². The lowest BCUT2D eigenvalue weighted by Crippen LogP contribution is -2.56. The van der Waals surface area contributed by atoms with Gasteiger partial charge in [0.2, 0.25) is 0 Å². The van der Waals surface area contributed by atoms with Gasteiger partial charge in [-0.05, 0) is 117 Å². The summed E-state index contributed by atoms with van der Waals surface area (Å²) in [5.74, 6) is 1.00. The molecular formula is C35H56O9. The molecule has 0 aromatic rings. The standard InChI is InChI=1S/C35H56O9/c1-18(36)42-30(32(4,5)40)23-9-7-20-29(43-23)28(39)27-19-8-10-24-31(2,3)25(44-26-15-21(37)22(38)16-41-26)11-12-35(24)17-34(19,35)14-13-33(20,27)6/h19-30,37-40H,7-17H2,1-6H3/t19?,20-,21+,22?,23?,24?,25-,26?,27?,28+,29?,30-,33+,34-,35+/m0/s1. The fourth-order valence-corrected chi connectivity index (χ4v) is 12.6. The predicted molar refractivity (Wildman–Crippen MR) is 160 cm³/mol. The number of hydrogen-bond acceptors (Lipinski definition) is 9. The molecular weight excluding hydrogens is 564 g/mol. The van der Waals surface area contributed by atoms with Gasteiger partial charge in [0, 0.05) is 13.3 Å². The maximum Gasteiger partial charge on any atom is 0.303 e. The van der Waals surface area contributed by atoms with Crippen LogP contribution in [0.15, 0.2) is 0 Å². The summed E-state index contributed by atoms with van der Waals surface area (Å²) in [7, 11) is 0. The van der Waals surface area contributed by atoms with E-state index in [1.54, 1.807) is 13.8 Å². The third kappa shape index (κ3) is 4.46. The predicted octanol–water partition coefficient (Wildman–Crippen LogP) is 3.72. The van der Waals surface area contributed by atoms with E-state index in [-0.39, 0.29) is 52.3 Å². The van der Waals surface area contributed by atoms with Crippen molar-refractivity contribution in [3.8, 4) is 0 Å². The van der Waals surface area contributed by atoms with Crippen molar-refractivity contribution in [1.29, 1.82) is 0 Å². The minimum absolute atomic E-state index is 0.00675. The summed E-state index contributed by atoms with van der Waals surface area (Å²) in [6.45, 7) is 11.9. The van der Waals surface area contributed by atoms with Gasteiger partial charge in [-0.25, -0.2) is 0 Å². The van der Waals surface area contributed by atoms with E-state index in [4.69, 9.17) is 18.9 Å². The van der Waals surface area contributed by atoms with Crippen LogP contribution in [0.1, 0.15) is 106 Å². The molecule has 7 aliphatic rings. The Morgan fingerprint density at radius 2 is 1.66 bits per heavy atom. The van der Waals surface area contributed by atoms with Crippen molar-refractivity contribution < 1.29 is 44.2 Å². The first-order chi connectivity index (χ1) is 20.5. The third-order valence-electron chi connectivity index (χ3n) is 14.5. The van der Waals surface area contributed by atoms with Gasteiger partial charge in [-0.15, -0.1) is 0 Å². The van der Waals surface area contributed by atoms with Gasteiger partial charge in [-0.1, -0.05) is 20.8 Å². The van der Waals surface area contributed by atoms with Crippen LogP contribution >= 0.6 is 0 Å². The quantitative estimate of drug-likeness (QED) is 0.268. The number of ether oxygens (including phenoxy) is 4. The zero-order chi connectivity index (χ0) is 31.6. The molecule has 250 valence electrons. The molecule has 0 amide bonds. The van der Waals surface area contributed by atoms with Gasteiger partial charge in [0.25, 0.3) is 0 Å². The second-order valence-corrected chi connectivity index (χ2v) is 17.4. The molecule has 2 saturated heterocycles. The monoisotopic (exact) mass is 620 g/mol. The van der Waals surface area contributed by atoms with Gasteiger partial charge >= 0.3 is 5.97 Å². The number of rotatable bonds is 5. The van der Waals surface area contributed by atoms with Crippen LogP contribution in [0.25, 0.3) is 0 Å². The Hall–Kier alpha value is -0.810. The molecule has 9 heteroatoms. The van der Waals surface area contributed by atoms with Gasteiger partial charge in [0.15, 0.2) is 12.4 Å². The van der Waals surface area contributed by atoms with Crippen LogP contribution in [0.4, 0.5) is 0 Å². The van der Waals surface area contributed by atoms with E-state index in [0.29, 0.717) is 24.7 Å². The molecule has 7 rings (SSSR count). The summed E-state index contributed by atoms with van der Waals surface area (Å²) in [6, 6.07) is 0. The highest BCUT2D eigenvalue weighted by atomic mass is 16.7. The summed E-state index contributed by atoms with van der Waals surface area (Å²) in [5, 5.41) is 43.1. The smallest absolute Gasteiger partial charge is 0.303 e. The highest BCUT2D eigenvalue weighted by Gasteiger charge is 2.81. The Kier molecular flexibility index (Phi) is 7.47. The third-order valence-corrected chi connectivity index (χ3v) is 14.5. The summed E-state index contributed by atoms with van der Waals surface area (Å²) < 4.78 is 24.6. The maximum atomic E-state index is 12.1. The summed E-state index contributed by atoms with van der Waals surface area (Å²) in [4.78, 5) is 11.9. The zero-order valence-electron chi connectivity index (χ0n) is 27.5. The lowest BCUT2D eigenvalue weighted by molar-refractivity contribution is -0.264. The fraction of sp³-hybridized carbons (Fsp3) is 0.971. The summed E-state index contributed by atoms with van der Waals surface area (Å²) >= 11 is 0. The van der Waals surface area contributed by atoms with E-state index in [1.165, 1.54) is 19.8 Å². The van der Waals surface area contributed by atoms with Gasteiger partial charge < -0.3 is 39.4 Å². The fourth-order valence-electron chi connectivity index (χ4n) is 12.6. The van der Waals surface area contributed by atoms with E-state index in [0.717, 1.165) is 38.5 Å². The Morgan fingerprint density at radius 1 is 0.932 bits per heavy atom. The molecule has 0 radical (unpaired) electrons. The molecule has 2 aliphatic heterocycles. The van der Waals surface area contributed by atoms with Crippen LogP contribution in [-0.4, -0.2) is 87.6 Å². The molecule has 2 heterocycles. The van der Waals surface area contributed by atoms with Crippen molar-refractivity contribution in [2.24, 2.45) is 45.3 Å². The van der Waals surface area contributed by atoms with Crippen LogP contribution in [0.2, 0.25) is 0 Å². The molecule has 4 N–H and O–H groups in total. The molecule has 0 bridgehead atoms. The van der Waals surface area contributed by atoms with Crippen molar-refractivity contribution >= 4 is 5.97 Å². The maximum absolute atomic E-state index is 12.1. The molecule has 2 spiro atoms. The van der Waals surface area contributed by atoms with Gasteiger partial charge in [-0.3, -0.25) is 4.79 Å². The number of carbonyl (C=O) groups is 1. The first kappa shape index (κ1) is 31.8. The molecule has 7 fully saturated rings. The molecule has 5 saturated carbocycles. The summed E-state index contributed by atoms with van der Waals surface area (Å²) in [6.07, 6.45) is 5.58. The minimum Gasteiger partial charge on any atom is -0.457 e. The SMILES string of the molecule is CC(=O)O[C@@H](C1CC[C@H]2C(O1)[C@H](O)C1C3CCC4C(C)(C)[C@@H](OC5C[C@@H](O)C(O)CO5)CC[C@@]45C[C@@]35CC[C@@]12C)C(C)(C)O. The Bertz CT molecular complexity index is 1140. The molecule has 0 aromatic carbocycles. The second-order valence-electron chi connectivity index (χ2n) is 17.4. The molecule has 5 aliphatic carbocycles. The van der Waals surface area contributed by atoms with Gasteiger partial charge in [0.1, 0.15) is 6.10 Å². The average molecular weight is 621 g/mol. The lowest BCUT2D eigenvalue weighted by atomic mass is 9.46. The first-order valence-corrected chi connectivity index (χ1v) is 17.4. The zero-order valence-corrected chi connectivity index (χ0v) is 27.5. The van der Waals surface area contributed by atoms with Crippen molar-refractivity contribution in [3.63, 3.8) is 0 Å². The van der Waals surface area contributed by atoms with E-state index in [1.807, 2.05) is 0 Å². The number of esters is 1. The van der Waals surface area contributed by atoms with Gasteiger partial charge in [0.05, 0.1) is 42.7 Å². The van der Waals surface area contributed by atoms with Crippen molar-refractivity contribution in [1.82, 2.24) is 0 Å². The van der Waals surface area contributed by atoms with Crippen molar-refractivity contribution in [2.45, 2.75) is 160 Å². The van der Waals surface area contributed by atoms with Crippen LogP contribution < -0.4 is 0 Å². The van der Waals surface area contributed by atoms with E-state index < -0.39 is 48.4 Å².